The van der Waals surface area contributed by atoms with E-state index < -0.39 is 0 Å². The number of pyridine rings is 1. The summed E-state index contributed by atoms with van der Waals surface area (Å²) in [5.74, 6) is 0.376. The molecule has 0 aliphatic rings. The molecule has 0 bridgehead atoms. The van der Waals surface area contributed by atoms with Crippen molar-refractivity contribution in [3.05, 3.63) is 63.5 Å². The van der Waals surface area contributed by atoms with Gasteiger partial charge in [-0.25, -0.2) is 9.97 Å². The van der Waals surface area contributed by atoms with E-state index in [1.807, 2.05) is 25.3 Å². The van der Waals surface area contributed by atoms with Crippen LogP contribution in [-0.4, -0.2) is 30.7 Å². The minimum atomic E-state index is 0.112. The molecule has 0 saturated carbocycles. The van der Waals surface area contributed by atoms with Crippen molar-refractivity contribution in [2.45, 2.75) is 39.5 Å². The number of benzene rings is 1. The van der Waals surface area contributed by atoms with Crippen LogP contribution in [0.2, 0.25) is 5.02 Å². The van der Waals surface area contributed by atoms with Gasteiger partial charge in [0.05, 0.1) is 22.4 Å². The number of carbonyl (C=O) groups excluding carboxylic acids is 1. The van der Waals surface area contributed by atoms with E-state index in [4.69, 9.17) is 11.6 Å². The zero-order valence-electron chi connectivity index (χ0n) is 16.4. The average molecular weight is 426 g/mol. The number of hydrogen-bond donors (Lipinski definition) is 0. The Morgan fingerprint density at radius 2 is 1.97 bits per heavy atom. The molecular weight excluding hydrogens is 406 g/mol. The third-order valence-corrected chi connectivity index (χ3v) is 5.85. The molecule has 0 radical (unpaired) electrons. The van der Waals surface area contributed by atoms with Gasteiger partial charge in [0, 0.05) is 19.0 Å². The van der Waals surface area contributed by atoms with E-state index >= 15 is 0 Å². The van der Waals surface area contributed by atoms with Crippen LogP contribution < -0.4 is 0 Å². The SMILES string of the molecule is Cc1nc2c(C(C)C)c(CC(=O)Cc3ccc(-n4nccn4)c(Cl)c3)cnc2s1. The van der Waals surface area contributed by atoms with Gasteiger partial charge in [-0.15, -0.1) is 0 Å². The van der Waals surface area contributed by atoms with E-state index in [1.54, 1.807) is 29.8 Å². The maximum Gasteiger partial charge on any atom is 0.143 e. The quantitative estimate of drug-likeness (QED) is 0.447. The number of carbonyl (C=O) groups is 1. The normalized spacial score (nSPS) is 11.5. The van der Waals surface area contributed by atoms with E-state index in [2.05, 4.69) is 34.0 Å². The lowest BCUT2D eigenvalue weighted by atomic mass is 9.93. The van der Waals surface area contributed by atoms with Crippen LogP contribution in [0.25, 0.3) is 16.0 Å². The van der Waals surface area contributed by atoms with Crippen molar-refractivity contribution in [3.63, 3.8) is 0 Å². The molecule has 0 amide bonds. The summed E-state index contributed by atoms with van der Waals surface area (Å²) >= 11 is 7.95. The van der Waals surface area contributed by atoms with Gasteiger partial charge >= 0.3 is 0 Å². The Bertz CT molecular complexity index is 1180. The van der Waals surface area contributed by atoms with Crippen LogP contribution in [0, 0.1) is 6.92 Å². The second kappa shape index (κ2) is 8.00. The summed E-state index contributed by atoms with van der Waals surface area (Å²) in [5, 5.41) is 9.67. The Kier molecular flexibility index (Phi) is 5.43. The molecule has 4 rings (SSSR count). The third kappa shape index (κ3) is 4.06. The van der Waals surface area contributed by atoms with Crippen LogP contribution in [0.15, 0.2) is 36.8 Å². The lowest BCUT2D eigenvalue weighted by Gasteiger charge is -2.13. The van der Waals surface area contributed by atoms with E-state index in [-0.39, 0.29) is 11.7 Å². The van der Waals surface area contributed by atoms with Crippen LogP contribution >= 0.6 is 22.9 Å². The van der Waals surface area contributed by atoms with Crippen molar-refractivity contribution in [1.29, 1.82) is 0 Å². The molecule has 4 aromatic rings. The highest BCUT2D eigenvalue weighted by molar-refractivity contribution is 7.18. The molecule has 0 N–H and O–H groups in total. The number of halogens is 1. The van der Waals surface area contributed by atoms with Crippen molar-refractivity contribution in [2.24, 2.45) is 0 Å². The molecule has 0 unspecified atom stereocenters. The number of rotatable bonds is 6. The first kappa shape index (κ1) is 19.7. The lowest BCUT2D eigenvalue weighted by Crippen LogP contribution is -2.10. The van der Waals surface area contributed by atoms with Crippen LogP contribution in [0.1, 0.15) is 41.5 Å². The summed E-state index contributed by atoms with van der Waals surface area (Å²) < 4.78 is 0. The molecule has 0 aliphatic heterocycles. The van der Waals surface area contributed by atoms with Gasteiger partial charge in [-0.2, -0.15) is 15.0 Å². The highest BCUT2D eigenvalue weighted by Crippen LogP contribution is 2.31. The van der Waals surface area contributed by atoms with Gasteiger partial charge in [0.25, 0.3) is 0 Å². The first-order chi connectivity index (χ1) is 13.9. The second-order valence-electron chi connectivity index (χ2n) is 7.23. The molecule has 8 heteroatoms. The van der Waals surface area contributed by atoms with Gasteiger partial charge in [0.1, 0.15) is 21.8 Å². The number of aryl methyl sites for hydroxylation is 1. The van der Waals surface area contributed by atoms with E-state index in [1.165, 1.54) is 4.80 Å². The third-order valence-electron chi connectivity index (χ3n) is 4.67. The summed E-state index contributed by atoms with van der Waals surface area (Å²) in [6.07, 6.45) is 5.64. The van der Waals surface area contributed by atoms with Crippen LogP contribution in [-0.2, 0) is 17.6 Å². The van der Waals surface area contributed by atoms with Gasteiger partial charge in [-0.1, -0.05) is 42.9 Å². The highest BCUT2D eigenvalue weighted by atomic mass is 35.5. The first-order valence-corrected chi connectivity index (χ1v) is 10.5. The summed E-state index contributed by atoms with van der Waals surface area (Å²) in [4.78, 5) is 24.4. The standard InChI is InChI=1S/C21H20ClN5OS/c1-12(2)19-15(11-23-21-20(19)26-13(3)29-21)10-16(28)8-14-4-5-18(17(22)9-14)27-24-6-7-25-27/h4-7,9,11-12H,8,10H2,1-3H3. The Morgan fingerprint density at radius 1 is 1.21 bits per heavy atom. The van der Waals surface area contributed by atoms with Crippen molar-refractivity contribution in [3.8, 4) is 5.69 Å². The average Bonchev–Trinajstić information content (AvgIpc) is 3.30. The summed E-state index contributed by atoms with van der Waals surface area (Å²) in [5.41, 5.74) is 4.54. The molecule has 0 spiro atoms. The largest absolute Gasteiger partial charge is 0.299 e. The number of ketones is 1. The van der Waals surface area contributed by atoms with Crippen molar-refractivity contribution in [1.82, 2.24) is 25.0 Å². The monoisotopic (exact) mass is 425 g/mol. The summed E-state index contributed by atoms with van der Waals surface area (Å²) in [7, 11) is 0. The lowest BCUT2D eigenvalue weighted by molar-refractivity contribution is -0.117. The van der Waals surface area contributed by atoms with Gasteiger partial charge in [-0.3, -0.25) is 4.79 Å². The number of fused-ring (bicyclic) bond motifs is 1. The Labute approximate surface area is 177 Å². The van der Waals surface area contributed by atoms with Crippen molar-refractivity contribution < 1.29 is 4.79 Å². The van der Waals surface area contributed by atoms with Crippen molar-refractivity contribution >= 4 is 39.1 Å². The molecule has 6 nitrogen and oxygen atoms in total. The van der Waals surface area contributed by atoms with Gasteiger partial charge in [0.15, 0.2) is 0 Å². The van der Waals surface area contributed by atoms with E-state index in [9.17, 15) is 4.79 Å². The molecule has 1 aromatic carbocycles. The molecule has 0 saturated heterocycles. The Balaban J connectivity index is 1.56. The fourth-order valence-corrected chi connectivity index (χ4v) is 4.54. The highest BCUT2D eigenvalue weighted by Gasteiger charge is 2.18. The number of Topliss-reactive ketones (excluding diaryl/α,β-unsaturated/α-hetero) is 1. The van der Waals surface area contributed by atoms with E-state index in [0.29, 0.717) is 23.6 Å². The predicted molar refractivity (Wildman–Crippen MR) is 115 cm³/mol. The minimum absolute atomic E-state index is 0.112. The maximum absolute atomic E-state index is 12.8. The fourth-order valence-electron chi connectivity index (χ4n) is 3.49. The Hall–Kier alpha value is -2.64. The van der Waals surface area contributed by atoms with Crippen LogP contribution in [0.3, 0.4) is 0 Å². The topological polar surface area (TPSA) is 73.6 Å². The molecule has 29 heavy (non-hydrogen) atoms. The number of nitrogens with zero attached hydrogens (tertiary/aromatic N) is 5. The Morgan fingerprint density at radius 3 is 2.66 bits per heavy atom. The predicted octanol–water partition coefficient (Wildman–Crippen LogP) is 4.71. The van der Waals surface area contributed by atoms with Gasteiger partial charge in [0.2, 0.25) is 0 Å². The van der Waals surface area contributed by atoms with Crippen molar-refractivity contribution in [2.75, 3.05) is 0 Å². The first-order valence-electron chi connectivity index (χ1n) is 9.34. The number of hydrogen-bond acceptors (Lipinski definition) is 6. The molecule has 0 aliphatic carbocycles. The van der Waals surface area contributed by atoms with Crippen LogP contribution in [0.5, 0.6) is 0 Å². The minimum Gasteiger partial charge on any atom is -0.299 e. The van der Waals surface area contributed by atoms with Crippen LogP contribution in [0.4, 0.5) is 0 Å². The summed E-state index contributed by atoms with van der Waals surface area (Å²) in [6, 6.07) is 5.51. The molecule has 3 heterocycles. The van der Waals surface area contributed by atoms with Gasteiger partial charge < -0.3 is 0 Å². The fraction of sp³-hybridized carbons (Fsp3) is 0.286. The van der Waals surface area contributed by atoms with Gasteiger partial charge in [-0.05, 0) is 41.7 Å². The summed E-state index contributed by atoms with van der Waals surface area (Å²) in [6.45, 7) is 6.23. The zero-order chi connectivity index (χ0) is 20.5. The molecule has 148 valence electrons. The molecule has 0 atom stereocenters. The molecular formula is C21H20ClN5OS. The molecule has 3 aromatic heterocycles. The smallest absolute Gasteiger partial charge is 0.143 e. The second-order valence-corrected chi connectivity index (χ2v) is 8.82. The van der Waals surface area contributed by atoms with E-state index in [0.717, 1.165) is 32.0 Å². The number of aromatic nitrogens is 5. The maximum atomic E-state index is 12.8. The molecule has 0 fully saturated rings. The number of thiazole rings is 1. The zero-order valence-corrected chi connectivity index (χ0v) is 18.0.